The van der Waals surface area contributed by atoms with Gasteiger partial charge in [-0.25, -0.2) is 0 Å². The van der Waals surface area contributed by atoms with E-state index in [1.807, 2.05) is 27.7 Å². The summed E-state index contributed by atoms with van der Waals surface area (Å²) in [7, 11) is 0. The molecule has 0 aromatic carbocycles. The Morgan fingerprint density at radius 1 is 1.05 bits per heavy atom. The van der Waals surface area contributed by atoms with E-state index >= 15 is 0 Å². The van der Waals surface area contributed by atoms with Gasteiger partial charge in [0.2, 0.25) is 11.8 Å². The van der Waals surface area contributed by atoms with E-state index in [0.717, 1.165) is 0 Å². The average molecular weight is 286 g/mol. The summed E-state index contributed by atoms with van der Waals surface area (Å²) in [6.07, 6.45) is 0.520. The monoisotopic (exact) mass is 286 g/mol. The Morgan fingerprint density at radius 3 is 2.10 bits per heavy atom. The Morgan fingerprint density at radius 2 is 1.65 bits per heavy atom. The van der Waals surface area contributed by atoms with Crippen molar-refractivity contribution in [3.05, 3.63) is 0 Å². The SMILES string of the molecule is CC(=O)N[C@@H](CC(C)C)C(=O)NCC(=O)OCC(C)C. The van der Waals surface area contributed by atoms with Gasteiger partial charge in [-0.2, -0.15) is 0 Å². The lowest BCUT2D eigenvalue weighted by atomic mass is 10.0. The van der Waals surface area contributed by atoms with Gasteiger partial charge in [-0.05, 0) is 18.3 Å². The van der Waals surface area contributed by atoms with Crippen molar-refractivity contribution in [3.63, 3.8) is 0 Å². The van der Waals surface area contributed by atoms with Gasteiger partial charge in [-0.3, -0.25) is 14.4 Å². The summed E-state index contributed by atoms with van der Waals surface area (Å²) in [5, 5.41) is 5.07. The average Bonchev–Trinajstić information content (AvgIpc) is 2.31. The minimum atomic E-state index is -0.620. The maximum atomic E-state index is 11.9. The molecule has 0 aliphatic carbocycles. The second-order valence-corrected chi connectivity index (χ2v) is 5.68. The topological polar surface area (TPSA) is 84.5 Å². The first-order valence-electron chi connectivity index (χ1n) is 6.92. The molecule has 0 saturated carbocycles. The summed E-state index contributed by atoms with van der Waals surface area (Å²) in [4.78, 5) is 34.4. The van der Waals surface area contributed by atoms with Crippen molar-refractivity contribution >= 4 is 17.8 Å². The number of rotatable bonds is 8. The Hall–Kier alpha value is -1.59. The van der Waals surface area contributed by atoms with Crippen molar-refractivity contribution in [1.82, 2.24) is 10.6 Å². The van der Waals surface area contributed by atoms with E-state index in [1.165, 1.54) is 6.92 Å². The Balaban J connectivity index is 4.24. The lowest BCUT2D eigenvalue weighted by Gasteiger charge is -2.19. The lowest BCUT2D eigenvalue weighted by Crippen LogP contribution is -2.48. The molecule has 6 heteroatoms. The molecule has 6 nitrogen and oxygen atoms in total. The minimum Gasteiger partial charge on any atom is -0.464 e. The molecule has 0 unspecified atom stereocenters. The molecule has 2 amide bonds. The molecule has 0 bridgehead atoms. The molecule has 0 fully saturated rings. The van der Waals surface area contributed by atoms with Crippen LogP contribution >= 0.6 is 0 Å². The van der Waals surface area contributed by atoms with Crippen LogP contribution in [0.4, 0.5) is 0 Å². The van der Waals surface area contributed by atoms with Crippen LogP contribution in [0.1, 0.15) is 41.0 Å². The third-order valence-electron chi connectivity index (χ3n) is 2.39. The molecule has 0 aliphatic rings. The second-order valence-electron chi connectivity index (χ2n) is 5.68. The molecule has 1 atom stereocenters. The largest absolute Gasteiger partial charge is 0.464 e. The van der Waals surface area contributed by atoms with E-state index in [9.17, 15) is 14.4 Å². The van der Waals surface area contributed by atoms with E-state index in [0.29, 0.717) is 13.0 Å². The zero-order chi connectivity index (χ0) is 15.7. The first-order valence-corrected chi connectivity index (χ1v) is 6.92. The van der Waals surface area contributed by atoms with Crippen LogP contribution in [0.3, 0.4) is 0 Å². The molecule has 0 radical (unpaired) electrons. The number of carbonyl (C=O) groups excluding carboxylic acids is 3. The molecular formula is C14H26N2O4. The number of nitrogens with one attached hydrogen (secondary N) is 2. The summed E-state index contributed by atoms with van der Waals surface area (Å²) in [6.45, 7) is 9.29. The molecule has 0 spiro atoms. The van der Waals surface area contributed by atoms with Crippen molar-refractivity contribution in [2.75, 3.05) is 13.2 Å². The van der Waals surface area contributed by atoms with Crippen LogP contribution in [0.15, 0.2) is 0 Å². The predicted molar refractivity (Wildman–Crippen MR) is 75.9 cm³/mol. The fraction of sp³-hybridized carbons (Fsp3) is 0.786. The number of ether oxygens (including phenoxy) is 1. The van der Waals surface area contributed by atoms with Crippen LogP contribution in [0.25, 0.3) is 0 Å². The fourth-order valence-corrected chi connectivity index (χ4v) is 1.54. The standard InChI is InChI=1S/C14H26N2O4/c1-9(2)6-12(16-11(5)17)14(19)15-7-13(18)20-8-10(3)4/h9-10,12H,6-8H2,1-5H3,(H,15,19)(H,16,17)/t12-/m0/s1. The van der Waals surface area contributed by atoms with Crippen LogP contribution in [-0.4, -0.2) is 37.0 Å². The fourth-order valence-electron chi connectivity index (χ4n) is 1.54. The maximum absolute atomic E-state index is 11.9. The molecule has 0 saturated heterocycles. The van der Waals surface area contributed by atoms with Crippen molar-refractivity contribution in [3.8, 4) is 0 Å². The van der Waals surface area contributed by atoms with Crippen molar-refractivity contribution in [2.45, 2.75) is 47.1 Å². The third-order valence-corrected chi connectivity index (χ3v) is 2.39. The van der Waals surface area contributed by atoms with Crippen LogP contribution in [0, 0.1) is 11.8 Å². The van der Waals surface area contributed by atoms with Crippen LogP contribution in [0.5, 0.6) is 0 Å². The Kier molecular flexibility index (Phi) is 8.59. The van der Waals surface area contributed by atoms with E-state index in [1.54, 1.807) is 0 Å². The molecule has 2 N–H and O–H groups in total. The van der Waals surface area contributed by atoms with Crippen molar-refractivity contribution < 1.29 is 19.1 Å². The second kappa shape index (κ2) is 9.34. The number of hydrogen-bond donors (Lipinski definition) is 2. The highest BCUT2D eigenvalue weighted by Gasteiger charge is 2.21. The highest BCUT2D eigenvalue weighted by atomic mass is 16.5. The summed E-state index contributed by atoms with van der Waals surface area (Å²) in [5.41, 5.74) is 0. The Labute approximate surface area is 120 Å². The van der Waals surface area contributed by atoms with Gasteiger partial charge in [0.15, 0.2) is 0 Å². The van der Waals surface area contributed by atoms with E-state index < -0.39 is 12.0 Å². The Bertz CT molecular complexity index is 340. The predicted octanol–water partition coefficient (Wildman–Crippen LogP) is 0.853. The normalized spacial score (nSPS) is 12.2. The molecule has 0 aliphatic heterocycles. The van der Waals surface area contributed by atoms with Gasteiger partial charge in [0.1, 0.15) is 12.6 Å². The van der Waals surface area contributed by atoms with Crippen LogP contribution in [-0.2, 0) is 19.1 Å². The van der Waals surface area contributed by atoms with Gasteiger partial charge in [0.05, 0.1) is 6.61 Å². The highest BCUT2D eigenvalue weighted by Crippen LogP contribution is 2.05. The molecule has 0 aromatic rings. The highest BCUT2D eigenvalue weighted by molar-refractivity contribution is 5.89. The van der Waals surface area contributed by atoms with E-state index in [-0.39, 0.29) is 30.2 Å². The first kappa shape index (κ1) is 18.4. The zero-order valence-electron chi connectivity index (χ0n) is 13.0. The molecule has 0 aromatic heterocycles. The molecule has 0 heterocycles. The summed E-state index contributed by atoms with van der Waals surface area (Å²) >= 11 is 0. The smallest absolute Gasteiger partial charge is 0.325 e. The third kappa shape index (κ3) is 9.35. The number of hydrogen-bond acceptors (Lipinski definition) is 4. The van der Waals surface area contributed by atoms with Crippen LogP contribution < -0.4 is 10.6 Å². The lowest BCUT2D eigenvalue weighted by molar-refractivity contribution is -0.145. The molecule has 116 valence electrons. The van der Waals surface area contributed by atoms with Gasteiger partial charge >= 0.3 is 5.97 Å². The zero-order valence-corrected chi connectivity index (χ0v) is 13.0. The van der Waals surface area contributed by atoms with Crippen molar-refractivity contribution in [2.24, 2.45) is 11.8 Å². The number of carbonyl (C=O) groups is 3. The molecule has 0 rings (SSSR count). The van der Waals surface area contributed by atoms with Crippen molar-refractivity contribution in [1.29, 1.82) is 0 Å². The van der Waals surface area contributed by atoms with Gasteiger partial charge in [-0.15, -0.1) is 0 Å². The maximum Gasteiger partial charge on any atom is 0.325 e. The van der Waals surface area contributed by atoms with Crippen LogP contribution in [0.2, 0.25) is 0 Å². The number of esters is 1. The molecular weight excluding hydrogens is 260 g/mol. The summed E-state index contributed by atoms with van der Waals surface area (Å²) in [6, 6.07) is -0.620. The quantitative estimate of drug-likeness (QED) is 0.648. The first-order chi connectivity index (χ1) is 9.22. The van der Waals surface area contributed by atoms with Gasteiger partial charge in [0.25, 0.3) is 0 Å². The molecule has 20 heavy (non-hydrogen) atoms. The van der Waals surface area contributed by atoms with E-state index in [4.69, 9.17) is 4.74 Å². The summed E-state index contributed by atoms with van der Waals surface area (Å²) < 4.78 is 4.95. The number of amides is 2. The summed E-state index contributed by atoms with van der Waals surface area (Å²) in [5.74, 6) is -0.602. The van der Waals surface area contributed by atoms with Gasteiger partial charge < -0.3 is 15.4 Å². The van der Waals surface area contributed by atoms with Gasteiger partial charge in [0, 0.05) is 6.92 Å². The van der Waals surface area contributed by atoms with Gasteiger partial charge in [-0.1, -0.05) is 27.7 Å². The van der Waals surface area contributed by atoms with E-state index in [2.05, 4.69) is 10.6 Å². The minimum absolute atomic E-state index is 0.181.